The second kappa shape index (κ2) is 9.19. The number of benzene rings is 2. The Hall–Kier alpha value is -3.41. The highest BCUT2D eigenvalue weighted by Crippen LogP contribution is 2.33. The first-order valence-electron chi connectivity index (χ1n) is 9.49. The molecule has 1 N–H and O–H groups in total. The van der Waals surface area contributed by atoms with Crippen LogP contribution in [-0.2, 0) is 6.42 Å². The van der Waals surface area contributed by atoms with Crippen LogP contribution in [0.5, 0.6) is 11.5 Å². The molecule has 0 atom stereocenters. The van der Waals surface area contributed by atoms with Crippen molar-refractivity contribution >= 4 is 5.97 Å². The van der Waals surface area contributed by atoms with E-state index in [9.17, 15) is 9.90 Å². The van der Waals surface area contributed by atoms with E-state index in [4.69, 9.17) is 14.5 Å². The van der Waals surface area contributed by atoms with Crippen LogP contribution in [0.25, 0.3) is 22.5 Å². The molecule has 0 aliphatic carbocycles. The average molecular weight is 392 g/mol. The van der Waals surface area contributed by atoms with Crippen molar-refractivity contribution in [3.63, 3.8) is 0 Å². The van der Waals surface area contributed by atoms with Crippen LogP contribution in [0.3, 0.4) is 0 Å². The molecule has 0 bridgehead atoms. The van der Waals surface area contributed by atoms with E-state index < -0.39 is 5.97 Å². The number of unbranched alkanes of at least 4 members (excludes halogenated alkanes) is 1. The fourth-order valence-corrected chi connectivity index (χ4v) is 3.08. The number of aromatic carboxylic acids is 1. The van der Waals surface area contributed by atoms with Crippen molar-refractivity contribution in [3.05, 3.63) is 59.9 Å². The molecule has 0 amide bonds. The molecule has 0 radical (unpaired) electrons. The number of aromatic nitrogens is 2. The topological polar surface area (TPSA) is 81.5 Å². The predicted octanol–water partition coefficient (Wildman–Crippen LogP) is 4.87. The molecule has 29 heavy (non-hydrogen) atoms. The molecule has 1 heterocycles. The van der Waals surface area contributed by atoms with Crippen molar-refractivity contribution in [2.75, 3.05) is 14.2 Å². The van der Waals surface area contributed by atoms with Gasteiger partial charge in [-0.25, -0.2) is 9.78 Å². The molecular formula is C23H24N2O4. The molecule has 150 valence electrons. The monoisotopic (exact) mass is 392 g/mol. The van der Waals surface area contributed by atoms with E-state index in [-0.39, 0.29) is 11.3 Å². The van der Waals surface area contributed by atoms with Crippen LogP contribution in [-0.4, -0.2) is 35.3 Å². The lowest BCUT2D eigenvalue weighted by Crippen LogP contribution is -2.02. The minimum Gasteiger partial charge on any atom is -0.497 e. The molecule has 6 heteroatoms. The number of rotatable bonds is 8. The molecule has 3 aromatic rings. The van der Waals surface area contributed by atoms with Crippen LogP contribution in [0.2, 0.25) is 0 Å². The molecule has 0 aliphatic heterocycles. The third-order valence-corrected chi connectivity index (χ3v) is 4.68. The molecule has 0 spiro atoms. The fourth-order valence-electron chi connectivity index (χ4n) is 3.08. The Morgan fingerprint density at radius 1 is 1.00 bits per heavy atom. The van der Waals surface area contributed by atoms with Crippen molar-refractivity contribution in [3.8, 4) is 34.0 Å². The van der Waals surface area contributed by atoms with Gasteiger partial charge in [-0.3, -0.25) is 4.98 Å². The van der Waals surface area contributed by atoms with Gasteiger partial charge in [0.2, 0.25) is 0 Å². The van der Waals surface area contributed by atoms with E-state index in [1.54, 1.807) is 19.2 Å². The van der Waals surface area contributed by atoms with Gasteiger partial charge < -0.3 is 14.6 Å². The van der Waals surface area contributed by atoms with Crippen LogP contribution in [0.4, 0.5) is 0 Å². The number of carboxylic acid groups (broad SMARTS) is 1. The van der Waals surface area contributed by atoms with Crippen molar-refractivity contribution in [2.24, 2.45) is 0 Å². The van der Waals surface area contributed by atoms with Crippen molar-refractivity contribution < 1.29 is 19.4 Å². The molecule has 0 saturated carbocycles. The maximum Gasteiger partial charge on any atom is 0.339 e. The minimum absolute atomic E-state index is 0.109. The maximum absolute atomic E-state index is 11.4. The summed E-state index contributed by atoms with van der Waals surface area (Å²) < 4.78 is 10.5. The quantitative estimate of drug-likeness (QED) is 0.589. The van der Waals surface area contributed by atoms with E-state index in [2.05, 4.69) is 11.9 Å². The van der Waals surface area contributed by atoms with Crippen molar-refractivity contribution in [2.45, 2.75) is 26.2 Å². The van der Waals surface area contributed by atoms with Gasteiger partial charge in [-0.2, -0.15) is 0 Å². The summed E-state index contributed by atoms with van der Waals surface area (Å²) in [6.45, 7) is 2.13. The fraction of sp³-hybridized carbons (Fsp3) is 0.261. The van der Waals surface area contributed by atoms with Crippen LogP contribution in [0.15, 0.2) is 48.7 Å². The molecule has 3 rings (SSSR count). The van der Waals surface area contributed by atoms with Crippen molar-refractivity contribution in [1.29, 1.82) is 0 Å². The first-order chi connectivity index (χ1) is 14.1. The lowest BCUT2D eigenvalue weighted by molar-refractivity contribution is 0.0693. The van der Waals surface area contributed by atoms with Crippen LogP contribution >= 0.6 is 0 Å². The Balaban J connectivity index is 2.14. The summed E-state index contributed by atoms with van der Waals surface area (Å²) in [7, 11) is 3.08. The first kappa shape index (κ1) is 20.3. The second-order valence-corrected chi connectivity index (χ2v) is 6.61. The van der Waals surface area contributed by atoms with E-state index in [0.717, 1.165) is 47.5 Å². The van der Waals surface area contributed by atoms with E-state index >= 15 is 0 Å². The third-order valence-electron chi connectivity index (χ3n) is 4.68. The van der Waals surface area contributed by atoms with Gasteiger partial charge in [0.15, 0.2) is 0 Å². The van der Waals surface area contributed by atoms with Crippen molar-refractivity contribution in [1.82, 2.24) is 9.97 Å². The summed E-state index contributed by atoms with van der Waals surface area (Å²) >= 11 is 0. The number of carboxylic acids is 1. The highest BCUT2D eigenvalue weighted by Gasteiger charge is 2.17. The minimum atomic E-state index is -1.04. The SMILES string of the molecule is CCCCc1cnc(-c2ccc(OC)cc2)c(-c2ccc(C(=O)O)c(OC)c2)n1. The molecular weight excluding hydrogens is 368 g/mol. The number of hydrogen-bond donors (Lipinski definition) is 1. The maximum atomic E-state index is 11.4. The zero-order chi connectivity index (χ0) is 20.8. The van der Waals surface area contributed by atoms with Gasteiger partial charge in [0.25, 0.3) is 0 Å². The molecule has 0 unspecified atom stereocenters. The van der Waals surface area contributed by atoms with Gasteiger partial charge >= 0.3 is 5.97 Å². The summed E-state index contributed by atoms with van der Waals surface area (Å²) in [5, 5.41) is 9.36. The molecule has 2 aromatic carbocycles. The second-order valence-electron chi connectivity index (χ2n) is 6.61. The number of nitrogens with zero attached hydrogens (tertiary/aromatic N) is 2. The van der Waals surface area contributed by atoms with E-state index in [0.29, 0.717) is 5.69 Å². The summed E-state index contributed by atoms with van der Waals surface area (Å²) in [6.07, 6.45) is 4.74. The first-order valence-corrected chi connectivity index (χ1v) is 9.49. The van der Waals surface area contributed by atoms with Gasteiger partial charge in [0, 0.05) is 17.3 Å². The summed E-state index contributed by atoms with van der Waals surface area (Å²) in [5.74, 6) is 0.0123. The predicted molar refractivity (Wildman–Crippen MR) is 112 cm³/mol. The van der Waals surface area contributed by atoms with Gasteiger partial charge in [0.05, 0.1) is 31.3 Å². The van der Waals surface area contributed by atoms with Gasteiger partial charge in [-0.05, 0) is 49.2 Å². The molecule has 1 aromatic heterocycles. The summed E-state index contributed by atoms with van der Waals surface area (Å²) in [4.78, 5) is 21.0. The lowest BCUT2D eigenvalue weighted by atomic mass is 10.0. The average Bonchev–Trinajstić information content (AvgIpc) is 2.77. The van der Waals surface area contributed by atoms with Gasteiger partial charge in [-0.15, -0.1) is 0 Å². The molecule has 0 saturated heterocycles. The van der Waals surface area contributed by atoms with Crippen LogP contribution in [0, 0.1) is 0 Å². The Morgan fingerprint density at radius 2 is 1.72 bits per heavy atom. The normalized spacial score (nSPS) is 10.6. The third kappa shape index (κ3) is 4.54. The number of methoxy groups -OCH3 is 2. The highest BCUT2D eigenvalue weighted by molar-refractivity contribution is 5.92. The zero-order valence-corrected chi connectivity index (χ0v) is 16.8. The Labute approximate surface area is 170 Å². The standard InChI is InChI=1S/C23H24N2O4/c1-4-5-6-17-14-24-21(15-7-10-18(28-2)11-8-15)22(25-17)16-9-12-19(23(26)27)20(13-16)29-3/h7-14H,4-6H2,1-3H3,(H,26,27). The summed E-state index contributed by atoms with van der Waals surface area (Å²) in [6, 6.07) is 12.6. The molecule has 6 nitrogen and oxygen atoms in total. The summed E-state index contributed by atoms with van der Waals surface area (Å²) in [5.41, 5.74) is 4.08. The largest absolute Gasteiger partial charge is 0.497 e. The highest BCUT2D eigenvalue weighted by atomic mass is 16.5. The molecule has 0 fully saturated rings. The van der Waals surface area contributed by atoms with Crippen LogP contribution in [0.1, 0.15) is 35.8 Å². The number of ether oxygens (including phenoxy) is 2. The Kier molecular flexibility index (Phi) is 6.44. The Bertz CT molecular complexity index is 1000. The van der Waals surface area contributed by atoms with E-state index in [1.807, 2.05) is 30.5 Å². The van der Waals surface area contributed by atoms with E-state index in [1.165, 1.54) is 13.2 Å². The van der Waals surface area contributed by atoms with Crippen LogP contribution < -0.4 is 9.47 Å². The van der Waals surface area contributed by atoms with Gasteiger partial charge in [-0.1, -0.05) is 19.4 Å². The number of aryl methyl sites for hydroxylation is 1. The smallest absolute Gasteiger partial charge is 0.339 e. The zero-order valence-electron chi connectivity index (χ0n) is 16.8. The Morgan fingerprint density at radius 3 is 2.34 bits per heavy atom. The number of carbonyl (C=O) groups is 1. The number of hydrogen-bond acceptors (Lipinski definition) is 5. The van der Waals surface area contributed by atoms with Gasteiger partial charge in [0.1, 0.15) is 17.1 Å². The lowest BCUT2D eigenvalue weighted by Gasteiger charge is -2.13. The molecule has 0 aliphatic rings.